The van der Waals surface area contributed by atoms with Gasteiger partial charge in [-0.1, -0.05) is 39.7 Å². The van der Waals surface area contributed by atoms with Crippen LogP contribution in [0.25, 0.3) is 0 Å². The number of nitrogens with two attached hydrogens (primary N) is 1. The SMILES string of the molecule is Nc1cccc2c1CCN2Cc1ccc(Br)cc1Cl. The molecule has 98 valence electrons. The summed E-state index contributed by atoms with van der Waals surface area (Å²) < 4.78 is 1.01. The molecule has 0 fully saturated rings. The Balaban J connectivity index is 1.89. The summed E-state index contributed by atoms with van der Waals surface area (Å²) >= 11 is 9.71. The second-order valence-electron chi connectivity index (χ2n) is 4.75. The molecule has 0 amide bonds. The number of nitrogens with zero attached hydrogens (tertiary/aromatic N) is 1. The lowest BCUT2D eigenvalue weighted by atomic mass is 10.1. The van der Waals surface area contributed by atoms with Gasteiger partial charge in [-0.05, 0) is 36.2 Å². The van der Waals surface area contributed by atoms with Crippen LogP contribution in [0.15, 0.2) is 40.9 Å². The van der Waals surface area contributed by atoms with Gasteiger partial charge in [0, 0.05) is 39.5 Å². The second-order valence-corrected chi connectivity index (χ2v) is 6.08. The summed E-state index contributed by atoms with van der Waals surface area (Å²) in [7, 11) is 0. The lowest BCUT2D eigenvalue weighted by molar-refractivity contribution is 0.836. The summed E-state index contributed by atoms with van der Waals surface area (Å²) in [5, 5.41) is 0.798. The third-order valence-corrected chi connectivity index (χ3v) is 4.38. The molecule has 0 unspecified atom stereocenters. The average molecular weight is 338 g/mol. The van der Waals surface area contributed by atoms with Crippen molar-refractivity contribution < 1.29 is 0 Å². The van der Waals surface area contributed by atoms with Gasteiger partial charge in [0.05, 0.1) is 0 Å². The summed E-state index contributed by atoms with van der Waals surface area (Å²) in [4.78, 5) is 2.33. The Labute approximate surface area is 126 Å². The Kier molecular flexibility index (Phi) is 3.42. The third-order valence-electron chi connectivity index (χ3n) is 3.54. The molecule has 0 saturated carbocycles. The van der Waals surface area contributed by atoms with Crippen LogP contribution >= 0.6 is 27.5 Å². The second kappa shape index (κ2) is 5.06. The summed E-state index contributed by atoms with van der Waals surface area (Å²) in [5.41, 5.74) is 10.5. The Morgan fingerprint density at radius 2 is 2.11 bits per heavy atom. The van der Waals surface area contributed by atoms with Gasteiger partial charge in [-0.25, -0.2) is 0 Å². The molecular formula is C15H14BrClN2. The van der Waals surface area contributed by atoms with E-state index in [1.165, 1.54) is 11.3 Å². The predicted octanol–water partition coefficient (Wildman–Crippen LogP) is 4.25. The van der Waals surface area contributed by atoms with Crippen LogP contribution in [0.4, 0.5) is 11.4 Å². The first kappa shape index (κ1) is 12.8. The molecule has 1 aliphatic rings. The van der Waals surface area contributed by atoms with Crippen molar-refractivity contribution >= 4 is 38.9 Å². The fraction of sp³-hybridized carbons (Fsp3) is 0.200. The van der Waals surface area contributed by atoms with Crippen molar-refractivity contribution in [1.29, 1.82) is 0 Å². The highest BCUT2D eigenvalue weighted by Crippen LogP contribution is 2.34. The van der Waals surface area contributed by atoms with Gasteiger partial charge in [-0.15, -0.1) is 0 Å². The largest absolute Gasteiger partial charge is 0.398 e. The van der Waals surface area contributed by atoms with Crippen LogP contribution in [0, 0.1) is 0 Å². The van der Waals surface area contributed by atoms with Crippen LogP contribution in [0.3, 0.4) is 0 Å². The maximum Gasteiger partial charge on any atom is 0.0467 e. The van der Waals surface area contributed by atoms with E-state index < -0.39 is 0 Å². The first-order valence-electron chi connectivity index (χ1n) is 6.21. The fourth-order valence-electron chi connectivity index (χ4n) is 2.55. The molecule has 0 saturated heterocycles. The number of halogens is 2. The van der Waals surface area contributed by atoms with Crippen LogP contribution in [0.5, 0.6) is 0 Å². The quantitative estimate of drug-likeness (QED) is 0.830. The van der Waals surface area contributed by atoms with Crippen LogP contribution < -0.4 is 10.6 Å². The Morgan fingerprint density at radius 1 is 1.26 bits per heavy atom. The van der Waals surface area contributed by atoms with Gasteiger partial charge in [0.1, 0.15) is 0 Å². The van der Waals surface area contributed by atoms with Crippen molar-refractivity contribution in [2.45, 2.75) is 13.0 Å². The predicted molar refractivity (Wildman–Crippen MR) is 84.8 cm³/mol. The summed E-state index contributed by atoms with van der Waals surface area (Å²) in [6.07, 6.45) is 1.01. The molecule has 0 spiro atoms. The molecular weight excluding hydrogens is 324 g/mol. The number of anilines is 2. The molecule has 2 aromatic carbocycles. The molecule has 1 heterocycles. The zero-order chi connectivity index (χ0) is 13.4. The van der Waals surface area contributed by atoms with Gasteiger partial charge in [0.15, 0.2) is 0 Å². The summed E-state index contributed by atoms with van der Waals surface area (Å²) in [6, 6.07) is 12.1. The van der Waals surface area contributed by atoms with Crippen molar-refractivity contribution in [3.63, 3.8) is 0 Å². The van der Waals surface area contributed by atoms with E-state index in [-0.39, 0.29) is 0 Å². The van der Waals surface area contributed by atoms with E-state index in [1.54, 1.807) is 0 Å². The third kappa shape index (κ3) is 2.45. The minimum Gasteiger partial charge on any atom is -0.398 e. The van der Waals surface area contributed by atoms with E-state index in [0.717, 1.165) is 40.3 Å². The topological polar surface area (TPSA) is 29.3 Å². The zero-order valence-corrected chi connectivity index (χ0v) is 12.7. The molecule has 0 aliphatic carbocycles. The normalized spacial score (nSPS) is 13.7. The smallest absolute Gasteiger partial charge is 0.0467 e. The number of rotatable bonds is 2. The van der Waals surface area contributed by atoms with Crippen molar-refractivity contribution in [2.24, 2.45) is 0 Å². The molecule has 0 aromatic heterocycles. The Hall–Kier alpha value is -1.19. The van der Waals surface area contributed by atoms with Crippen molar-refractivity contribution in [3.05, 3.63) is 57.0 Å². The van der Waals surface area contributed by atoms with Gasteiger partial charge < -0.3 is 10.6 Å². The molecule has 0 bridgehead atoms. The standard InChI is InChI=1S/C15H14BrClN2/c16-11-5-4-10(13(17)8-11)9-19-7-6-12-14(18)2-1-3-15(12)19/h1-5,8H,6-7,9,18H2. The van der Waals surface area contributed by atoms with E-state index in [1.807, 2.05) is 24.3 Å². The highest BCUT2D eigenvalue weighted by Gasteiger charge is 2.21. The van der Waals surface area contributed by atoms with E-state index in [2.05, 4.69) is 33.0 Å². The maximum absolute atomic E-state index is 6.28. The molecule has 2 nitrogen and oxygen atoms in total. The number of benzene rings is 2. The molecule has 3 rings (SSSR count). The molecule has 2 N–H and O–H groups in total. The van der Waals surface area contributed by atoms with Gasteiger partial charge in [0.25, 0.3) is 0 Å². The van der Waals surface area contributed by atoms with Gasteiger partial charge in [-0.2, -0.15) is 0 Å². The van der Waals surface area contributed by atoms with E-state index in [9.17, 15) is 0 Å². The Bertz CT molecular complexity index is 628. The highest BCUT2D eigenvalue weighted by atomic mass is 79.9. The summed E-state index contributed by atoms with van der Waals surface area (Å²) in [5.74, 6) is 0. The molecule has 19 heavy (non-hydrogen) atoms. The van der Waals surface area contributed by atoms with Crippen LogP contribution in [-0.4, -0.2) is 6.54 Å². The van der Waals surface area contributed by atoms with Crippen LogP contribution in [0.2, 0.25) is 5.02 Å². The van der Waals surface area contributed by atoms with Crippen LogP contribution in [0.1, 0.15) is 11.1 Å². The van der Waals surface area contributed by atoms with Gasteiger partial charge in [0.2, 0.25) is 0 Å². The monoisotopic (exact) mass is 336 g/mol. The molecule has 0 atom stereocenters. The van der Waals surface area contributed by atoms with Crippen molar-refractivity contribution in [2.75, 3.05) is 17.2 Å². The maximum atomic E-state index is 6.28. The first-order chi connectivity index (χ1) is 9.15. The molecule has 2 aromatic rings. The minimum absolute atomic E-state index is 0.798. The van der Waals surface area contributed by atoms with Crippen molar-refractivity contribution in [3.8, 4) is 0 Å². The van der Waals surface area contributed by atoms with Crippen molar-refractivity contribution in [1.82, 2.24) is 0 Å². The number of nitrogen functional groups attached to an aromatic ring is 1. The van der Waals surface area contributed by atoms with E-state index in [4.69, 9.17) is 17.3 Å². The number of hydrogen-bond donors (Lipinski definition) is 1. The van der Waals surface area contributed by atoms with Gasteiger partial charge in [-0.3, -0.25) is 0 Å². The number of fused-ring (bicyclic) bond motifs is 1. The number of hydrogen-bond acceptors (Lipinski definition) is 2. The average Bonchev–Trinajstić information content (AvgIpc) is 2.78. The Morgan fingerprint density at radius 3 is 2.89 bits per heavy atom. The fourth-order valence-corrected chi connectivity index (χ4v) is 3.28. The minimum atomic E-state index is 0.798. The molecule has 1 aliphatic heterocycles. The van der Waals surface area contributed by atoms with E-state index >= 15 is 0 Å². The zero-order valence-electron chi connectivity index (χ0n) is 10.4. The van der Waals surface area contributed by atoms with E-state index in [0.29, 0.717) is 0 Å². The molecule has 0 radical (unpaired) electrons. The van der Waals surface area contributed by atoms with Gasteiger partial charge >= 0.3 is 0 Å². The van der Waals surface area contributed by atoms with Crippen LogP contribution in [-0.2, 0) is 13.0 Å². The first-order valence-corrected chi connectivity index (χ1v) is 7.38. The summed E-state index contributed by atoms with van der Waals surface area (Å²) in [6.45, 7) is 1.82. The molecule has 4 heteroatoms. The highest BCUT2D eigenvalue weighted by molar-refractivity contribution is 9.10. The lowest BCUT2D eigenvalue weighted by Crippen LogP contribution is -2.19. The lowest BCUT2D eigenvalue weighted by Gasteiger charge is -2.20.